The van der Waals surface area contributed by atoms with Crippen LogP contribution in [-0.4, -0.2) is 71.2 Å². The van der Waals surface area contributed by atoms with Crippen LogP contribution < -0.4 is 5.32 Å². The summed E-state index contributed by atoms with van der Waals surface area (Å²) in [6.45, 7) is 14.9. The summed E-state index contributed by atoms with van der Waals surface area (Å²) in [5, 5.41) is 3.24. The third-order valence-corrected chi connectivity index (χ3v) is 6.30. The number of furan rings is 1. The van der Waals surface area contributed by atoms with Crippen LogP contribution in [0.5, 0.6) is 0 Å². The third-order valence-electron chi connectivity index (χ3n) is 6.30. The molecule has 1 atom stereocenters. The lowest BCUT2D eigenvalue weighted by Gasteiger charge is -2.42. The van der Waals surface area contributed by atoms with Crippen LogP contribution >= 0.6 is 0 Å². The summed E-state index contributed by atoms with van der Waals surface area (Å²) in [6, 6.07) is 10.3. The van der Waals surface area contributed by atoms with Crippen LogP contribution in [0.2, 0.25) is 0 Å². The average molecular weight is 475 g/mol. The molecule has 1 aromatic heterocycles. The summed E-state index contributed by atoms with van der Waals surface area (Å²) < 4.78 is 5.33. The Morgan fingerprint density at radius 1 is 1.06 bits per heavy atom. The lowest BCUT2D eigenvalue weighted by molar-refractivity contribution is -0.129. The van der Waals surface area contributed by atoms with Gasteiger partial charge in [-0.1, -0.05) is 25.3 Å². The highest BCUT2D eigenvalue weighted by Gasteiger charge is 2.36. The van der Waals surface area contributed by atoms with Gasteiger partial charge in [0.15, 0.2) is 5.76 Å². The summed E-state index contributed by atoms with van der Waals surface area (Å²) in [4.78, 5) is 43.3. The van der Waals surface area contributed by atoms with E-state index in [1.165, 1.54) is 13.2 Å². The van der Waals surface area contributed by atoms with Gasteiger partial charge < -0.3 is 24.4 Å². The minimum Gasteiger partial charge on any atom is -0.459 e. The van der Waals surface area contributed by atoms with Crippen molar-refractivity contribution in [2.45, 2.75) is 19.9 Å². The van der Waals surface area contributed by atoms with Crippen LogP contribution in [0.4, 0.5) is 0 Å². The molecule has 182 valence electrons. The van der Waals surface area contributed by atoms with Gasteiger partial charge in [0.05, 0.1) is 23.7 Å². The number of carbonyl (C=O) groups is 3. The Labute approximate surface area is 205 Å². The largest absolute Gasteiger partial charge is 0.459 e. The first kappa shape index (κ1) is 24.2. The number of nitrogens with one attached hydrogen (secondary N) is 1. The molecule has 0 saturated carbocycles. The van der Waals surface area contributed by atoms with Gasteiger partial charge in [-0.2, -0.15) is 0 Å². The first-order valence-electron chi connectivity index (χ1n) is 11.6. The minimum absolute atomic E-state index is 0.00369. The van der Waals surface area contributed by atoms with Gasteiger partial charge in [-0.3, -0.25) is 14.4 Å². The van der Waals surface area contributed by atoms with E-state index in [0.29, 0.717) is 35.6 Å². The molecule has 8 nitrogen and oxygen atoms in total. The molecular formula is C27H30N4O4. The topological polar surface area (TPSA) is 86.1 Å². The number of amides is 3. The van der Waals surface area contributed by atoms with Crippen LogP contribution in [0.3, 0.4) is 0 Å². The van der Waals surface area contributed by atoms with E-state index in [2.05, 4.69) is 18.5 Å². The highest BCUT2D eigenvalue weighted by atomic mass is 16.3. The zero-order valence-corrected chi connectivity index (χ0v) is 20.1. The van der Waals surface area contributed by atoms with Crippen molar-refractivity contribution in [1.82, 2.24) is 20.0 Å². The molecule has 8 heteroatoms. The predicted molar refractivity (Wildman–Crippen MR) is 133 cm³/mol. The number of hydrogen-bond acceptors (Lipinski definition) is 5. The van der Waals surface area contributed by atoms with Crippen LogP contribution in [0, 0.1) is 0 Å². The van der Waals surface area contributed by atoms with E-state index in [4.69, 9.17) is 4.42 Å². The van der Waals surface area contributed by atoms with Crippen LogP contribution in [-0.2, 0) is 4.79 Å². The Hall–Kier alpha value is -3.91. The Morgan fingerprint density at radius 3 is 2.31 bits per heavy atom. The van der Waals surface area contributed by atoms with Crippen molar-refractivity contribution in [2.24, 2.45) is 0 Å². The van der Waals surface area contributed by atoms with Gasteiger partial charge in [0, 0.05) is 45.2 Å². The van der Waals surface area contributed by atoms with E-state index in [1.54, 1.807) is 40.1 Å². The van der Waals surface area contributed by atoms with Crippen LogP contribution in [0.25, 0.3) is 5.57 Å². The SMILES string of the molecule is C=C(/C=C1\C(=C)N(C(C)=O)C(C)CN1C(=O)c1ccco1)c1ccc(C(=O)N2CCNCC2)cc1. The van der Waals surface area contributed by atoms with Crippen molar-refractivity contribution >= 4 is 23.3 Å². The van der Waals surface area contributed by atoms with Crippen LogP contribution in [0.15, 0.2) is 77.7 Å². The van der Waals surface area contributed by atoms with E-state index in [1.807, 2.05) is 24.0 Å². The molecule has 2 aromatic rings. The second-order valence-electron chi connectivity index (χ2n) is 8.75. The fourth-order valence-electron chi connectivity index (χ4n) is 4.50. The molecule has 0 aliphatic carbocycles. The summed E-state index contributed by atoms with van der Waals surface area (Å²) in [5.41, 5.74) is 2.93. The molecule has 2 aliphatic heterocycles. The van der Waals surface area contributed by atoms with E-state index < -0.39 is 0 Å². The van der Waals surface area contributed by atoms with E-state index >= 15 is 0 Å². The molecule has 0 spiro atoms. The Balaban J connectivity index is 1.61. The first-order chi connectivity index (χ1) is 16.8. The molecule has 2 fully saturated rings. The molecule has 0 radical (unpaired) electrons. The van der Waals surface area contributed by atoms with E-state index in [0.717, 1.165) is 18.7 Å². The zero-order valence-electron chi connectivity index (χ0n) is 20.1. The Bertz CT molecular complexity index is 1170. The van der Waals surface area contributed by atoms with Crippen molar-refractivity contribution in [3.05, 3.63) is 90.2 Å². The van der Waals surface area contributed by atoms with Gasteiger partial charge >= 0.3 is 0 Å². The number of nitrogens with zero attached hydrogens (tertiary/aromatic N) is 3. The lowest BCUT2D eigenvalue weighted by Crippen LogP contribution is -2.52. The Morgan fingerprint density at radius 2 is 1.71 bits per heavy atom. The standard InChI is InChI=1S/C27H30N4O4/c1-18(22-7-9-23(10-8-22)26(33)29-13-11-28-12-14-29)16-24-20(3)31(21(4)32)19(2)17-30(24)27(34)25-6-5-15-35-25/h5-10,15-16,19,28H,1,3,11-14,17H2,2,4H3/b24-16+. The summed E-state index contributed by atoms with van der Waals surface area (Å²) in [7, 11) is 0. The monoisotopic (exact) mass is 474 g/mol. The van der Waals surface area contributed by atoms with Gasteiger partial charge in [0.25, 0.3) is 11.8 Å². The number of rotatable bonds is 4. The van der Waals surface area contributed by atoms with E-state index in [9.17, 15) is 14.4 Å². The van der Waals surface area contributed by atoms with Crippen molar-refractivity contribution in [3.8, 4) is 0 Å². The number of piperazine rings is 2. The smallest absolute Gasteiger partial charge is 0.294 e. The minimum atomic E-state index is -0.317. The van der Waals surface area contributed by atoms with Crippen molar-refractivity contribution < 1.29 is 18.8 Å². The van der Waals surface area contributed by atoms with E-state index in [-0.39, 0.29) is 36.1 Å². The second kappa shape index (κ2) is 10.1. The normalized spacial score (nSPS) is 19.7. The molecule has 1 unspecified atom stereocenters. The van der Waals surface area contributed by atoms with Gasteiger partial charge in [-0.25, -0.2) is 0 Å². The highest BCUT2D eigenvalue weighted by molar-refractivity contribution is 5.96. The summed E-state index contributed by atoms with van der Waals surface area (Å²) in [6.07, 6.45) is 3.20. The third kappa shape index (κ3) is 4.97. The van der Waals surface area contributed by atoms with Crippen molar-refractivity contribution in [2.75, 3.05) is 32.7 Å². The fraction of sp³-hybridized carbons (Fsp3) is 0.296. The fourth-order valence-corrected chi connectivity index (χ4v) is 4.50. The number of allylic oxidation sites excluding steroid dienone is 2. The second-order valence-corrected chi connectivity index (χ2v) is 8.75. The highest BCUT2D eigenvalue weighted by Crippen LogP contribution is 2.31. The molecular weight excluding hydrogens is 444 g/mol. The molecule has 2 aliphatic rings. The number of carbonyl (C=O) groups excluding carboxylic acids is 3. The van der Waals surface area contributed by atoms with Crippen molar-refractivity contribution in [1.29, 1.82) is 0 Å². The van der Waals surface area contributed by atoms with Gasteiger partial charge in [0.1, 0.15) is 0 Å². The van der Waals surface area contributed by atoms with Gasteiger partial charge in [-0.05, 0) is 48.4 Å². The molecule has 0 bridgehead atoms. The average Bonchev–Trinajstić information content (AvgIpc) is 3.40. The molecule has 1 aromatic carbocycles. The Kier molecular flexibility index (Phi) is 7.02. The maximum Gasteiger partial charge on any atom is 0.294 e. The molecule has 4 rings (SSSR count). The maximum absolute atomic E-state index is 13.2. The molecule has 3 amide bonds. The lowest BCUT2D eigenvalue weighted by atomic mass is 10.0. The van der Waals surface area contributed by atoms with Crippen LogP contribution in [0.1, 0.15) is 40.3 Å². The first-order valence-corrected chi connectivity index (χ1v) is 11.6. The van der Waals surface area contributed by atoms with Gasteiger partial charge in [0.2, 0.25) is 5.91 Å². The predicted octanol–water partition coefficient (Wildman–Crippen LogP) is 3.13. The molecule has 35 heavy (non-hydrogen) atoms. The van der Waals surface area contributed by atoms with Gasteiger partial charge in [-0.15, -0.1) is 0 Å². The zero-order chi connectivity index (χ0) is 25.1. The molecule has 1 N–H and O–H groups in total. The van der Waals surface area contributed by atoms with Crippen molar-refractivity contribution in [3.63, 3.8) is 0 Å². The summed E-state index contributed by atoms with van der Waals surface area (Å²) >= 11 is 0. The number of hydrogen-bond donors (Lipinski definition) is 1. The molecule has 2 saturated heterocycles. The number of benzene rings is 1. The quantitative estimate of drug-likeness (QED) is 0.736. The maximum atomic E-state index is 13.2. The molecule has 3 heterocycles. The summed E-state index contributed by atoms with van der Waals surface area (Å²) in [5.74, 6) is -0.264.